The zero-order valence-electron chi connectivity index (χ0n) is 11.9. The highest BCUT2D eigenvalue weighted by Crippen LogP contribution is 2.32. The number of sulfonamides is 1. The van der Waals surface area contributed by atoms with Gasteiger partial charge in [0, 0.05) is 17.1 Å². The third kappa shape index (κ3) is 3.30. The molecule has 0 aromatic heterocycles. The molecule has 7 heteroatoms. The molecule has 116 valence electrons. The number of benzene rings is 1. The Morgan fingerprint density at radius 1 is 1.38 bits per heavy atom. The van der Waals surface area contributed by atoms with Crippen molar-refractivity contribution >= 4 is 31.9 Å². The molecule has 2 atom stereocenters. The molecule has 1 aliphatic heterocycles. The maximum absolute atomic E-state index is 12.8. The van der Waals surface area contributed by atoms with Crippen LogP contribution in [0.3, 0.4) is 0 Å². The molecule has 0 saturated carbocycles. The number of hydrogen-bond acceptors (Lipinski definition) is 3. The number of hydrogen-bond donors (Lipinski definition) is 1. The molecular weight excluding hydrogens is 358 g/mol. The number of nitrogens with zero attached hydrogens (tertiary/aromatic N) is 1. The van der Waals surface area contributed by atoms with Crippen LogP contribution in [0.1, 0.15) is 25.3 Å². The van der Waals surface area contributed by atoms with Crippen LogP contribution in [-0.2, 0) is 14.8 Å². The number of carboxylic acids is 1. The van der Waals surface area contributed by atoms with Crippen molar-refractivity contribution in [1.29, 1.82) is 0 Å². The van der Waals surface area contributed by atoms with Crippen molar-refractivity contribution in [3.63, 3.8) is 0 Å². The molecule has 1 heterocycles. The molecule has 0 radical (unpaired) electrons. The highest BCUT2D eigenvalue weighted by Gasteiger charge is 2.38. The molecule has 0 amide bonds. The first-order valence-electron chi connectivity index (χ1n) is 6.74. The summed E-state index contributed by atoms with van der Waals surface area (Å²) in [5.41, 5.74) is 0.844. The van der Waals surface area contributed by atoms with Gasteiger partial charge >= 0.3 is 5.97 Å². The van der Waals surface area contributed by atoms with Crippen molar-refractivity contribution in [3.05, 3.63) is 28.2 Å². The predicted molar refractivity (Wildman–Crippen MR) is 82.6 cm³/mol. The van der Waals surface area contributed by atoms with E-state index in [0.717, 1.165) is 5.56 Å². The summed E-state index contributed by atoms with van der Waals surface area (Å²) in [6, 6.07) is 4.93. The van der Waals surface area contributed by atoms with E-state index in [-0.39, 0.29) is 17.5 Å². The van der Waals surface area contributed by atoms with Gasteiger partial charge in [-0.1, -0.05) is 6.07 Å². The summed E-state index contributed by atoms with van der Waals surface area (Å²) in [5.74, 6) is -1.58. The van der Waals surface area contributed by atoms with Gasteiger partial charge in [0.1, 0.15) is 0 Å². The first-order chi connectivity index (χ1) is 9.73. The van der Waals surface area contributed by atoms with Crippen LogP contribution in [0.4, 0.5) is 0 Å². The number of carbonyl (C=O) groups is 1. The van der Waals surface area contributed by atoms with Gasteiger partial charge in [-0.25, -0.2) is 8.42 Å². The van der Waals surface area contributed by atoms with Crippen LogP contribution in [0.2, 0.25) is 0 Å². The number of aryl methyl sites for hydroxylation is 1. The highest BCUT2D eigenvalue weighted by atomic mass is 79.9. The minimum Gasteiger partial charge on any atom is -0.481 e. The van der Waals surface area contributed by atoms with Crippen LogP contribution in [0.25, 0.3) is 0 Å². The van der Waals surface area contributed by atoms with Gasteiger partial charge in [0.25, 0.3) is 0 Å². The molecule has 2 rings (SSSR count). The van der Waals surface area contributed by atoms with E-state index in [1.54, 1.807) is 12.1 Å². The summed E-state index contributed by atoms with van der Waals surface area (Å²) in [5, 5.41) is 9.15. The van der Waals surface area contributed by atoms with Gasteiger partial charge in [0.05, 0.1) is 10.8 Å². The molecule has 1 N–H and O–H groups in total. The van der Waals surface area contributed by atoms with Crippen molar-refractivity contribution in [2.24, 2.45) is 5.92 Å². The minimum absolute atomic E-state index is 0.0270. The molecular formula is C14H18BrNO4S. The van der Waals surface area contributed by atoms with Crippen molar-refractivity contribution in [1.82, 2.24) is 4.31 Å². The van der Waals surface area contributed by atoms with E-state index in [1.807, 2.05) is 19.9 Å². The average Bonchev–Trinajstić information content (AvgIpc) is 2.41. The third-order valence-corrected chi connectivity index (χ3v) is 6.82. The normalized spacial score (nSPS) is 24.0. The van der Waals surface area contributed by atoms with Crippen molar-refractivity contribution in [2.75, 3.05) is 6.54 Å². The molecule has 21 heavy (non-hydrogen) atoms. The zero-order valence-corrected chi connectivity index (χ0v) is 14.3. The summed E-state index contributed by atoms with van der Waals surface area (Å²) >= 11 is 3.27. The van der Waals surface area contributed by atoms with Crippen LogP contribution in [0, 0.1) is 12.8 Å². The molecule has 1 aromatic carbocycles. The Balaban J connectivity index is 2.42. The largest absolute Gasteiger partial charge is 0.481 e. The summed E-state index contributed by atoms with van der Waals surface area (Å²) in [7, 11) is -3.71. The third-order valence-electron chi connectivity index (χ3n) is 3.85. The Bertz CT molecular complexity index is 659. The fourth-order valence-electron chi connectivity index (χ4n) is 2.55. The number of carboxylic acid groups (broad SMARTS) is 1. The first-order valence-corrected chi connectivity index (χ1v) is 8.97. The lowest BCUT2D eigenvalue weighted by molar-refractivity contribution is -0.143. The summed E-state index contributed by atoms with van der Waals surface area (Å²) in [6.07, 6.45) is 1.07. The zero-order chi connectivity index (χ0) is 15.8. The topological polar surface area (TPSA) is 74.7 Å². The van der Waals surface area contributed by atoms with E-state index in [0.29, 0.717) is 17.3 Å². The van der Waals surface area contributed by atoms with Crippen molar-refractivity contribution in [3.8, 4) is 0 Å². The van der Waals surface area contributed by atoms with Gasteiger partial charge in [0.2, 0.25) is 10.0 Å². The smallest absolute Gasteiger partial charge is 0.307 e. The quantitative estimate of drug-likeness (QED) is 0.880. The second-order valence-corrected chi connectivity index (χ2v) is 8.18. The Kier molecular flexibility index (Phi) is 4.75. The number of aliphatic carboxylic acids is 1. The molecule has 1 aromatic rings. The minimum atomic E-state index is -3.71. The summed E-state index contributed by atoms with van der Waals surface area (Å²) < 4.78 is 27.5. The van der Waals surface area contributed by atoms with Gasteiger partial charge < -0.3 is 5.11 Å². The Morgan fingerprint density at radius 3 is 2.67 bits per heavy atom. The monoisotopic (exact) mass is 375 g/mol. The lowest BCUT2D eigenvalue weighted by atomic mass is 9.96. The van der Waals surface area contributed by atoms with Crippen molar-refractivity contribution < 1.29 is 18.3 Å². The van der Waals surface area contributed by atoms with Crippen LogP contribution in [0.15, 0.2) is 27.6 Å². The van der Waals surface area contributed by atoms with E-state index in [4.69, 9.17) is 5.11 Å². The molecule has 0 spiro atoms. The molecule has 0 bridgehead atoms. The fourth-order valence-corrected chi connectivity index (χ4v) is 5.26. The molecule has 1 saturated heterocycles. The van der Waals surface area contributed by atoms with Crippen molar-refractivity contribution in [2.45, 2.75) is 37.6 Å². The molecule has 5 nitrogen and oxygen atoms in total. The predicted octanol–water partition coefficient (Wildman–Crippen LogP) is 2.63. The van der Waals surface area contributed by atoms with E-state index < -0.39 is 21.9 Å². The lowest BCUT2D eigenvalue weighted by Gasteiger charge is -2.35. The molecule has 1 aliphatic rings. The van der Waals surface area contributed by atoms with Gasteiger partial charge in [-0.05, 0) is 60.3 Å². The average molecular weight is 376 g/mol. The molecule has 1 fully saturated rings. The summed E-state index contributed by atoms with van der Waals surface area (Å²) in [4.78, 5) is 11.4. The van der Waals surface area contributed by atoms with Crippen LogP contribution >= 0.6 is 15.9 Å². The standard InChI is InChI=1S/C14H18BrNO4S/c1-9-3-6-12(15)13(7-9)21(19,20)16-8-11(14(17)18)5-4-10(16)2/h3,6-7,10-11H,4-5,8H2,1-2H3,(H,17,18). The van der Waals surface area contributed by atoms with E-state index in [9.17, 15) is 13.2 Å². The van der Waals surface area contributed by atoms with E-state index >= 15 is 0 Å². The fraction of sp³-hybridized carbons (Fsp3) is 0.500. The van der Waals surface area contributed by atoms with Gasteiger partial charge in [-0.15, -0.1) is 0 Å². The lowest BCUT2D eigenvalue weighted by Crippen LogP contribution is -2.47. The Hall–Kier alpha value is -0.920. The van der Waals surface area contributed by atoms with Gasteiger partial charge in [0.15, 0.2) is 0 Å². The number of piperidine rings is 1. The maximum Gasteiger partial charge on any atom is 0.307 e. The highest BCUT2D eigenvalue weighted by molar-refractivity contribution is 9.10. The summed E-state index contributed by atoms with van der Waals surface area (Å²) in [6.45, 7) is 3.67. The Morgan fingerprint density at radius 2 is 2.05 bits per heavy atom. The van der Waals surface area contributed by atoms with Crippen LogP contribution in [-0.4, -0.2) is 36.4 Å². The van der Waals surface area contributed by atoms with Gasteiger partial charge in [-0.3, -0.25) is 4.79 Å². The van der Waals surface area contributed by atoms with Crippen LogP contribution in [0.5, 0.6) is 0 Å². The van der Waals surface area contributed by atoms with Gasteiger partial charge in [-0.2, -0.15) is 4.31 Å². The van der Waals surface area contributed by atoms with E-state index in [2.05, 4.69) is 15.9 Å². The maximum atomic E-state index is 12.8. The first kappa shape index (κ1) is 16.5. The number of rotatable bonds is 3. The second-order valence-electron chi connectivity index (χ2n) is 5.47. The molecule has 0 aliphatic carbocycles. The Labute approximate surface area is 133 Å². The molecule has 2 unspecified atom stereocenters. The van der Waals surface area contributed by atoms with E-state index in [1.165, 1.54) is 4.31 Å². The van der Waals surface area contributed by atoms with Crippen LogP contribution < -0.4 is 0 Å². The second kappa shape index (κ2) is 6.06. The SMILES string of the molecule is Cc1ccc(Br)c(S(=O)(=O)N2CC(C(=O)O)CCC2C)c1. The number of halogens is 1.